The molecular formula is C20H27N5O5. The van der Waals surface area contributed by atoms with E-state index < -0.39 is 0 Å². The molecule has 1 aliphatic rings. The third-order valence-corrected chi connectivity index (χ3v) is 4.87. The van der Waals surface area contributed by atoms with Crippen molar-refractivity contribution in [2.24, 2.45) is 0 Å². The van der Waals surface area contributed by atoms with Gasteiger partial charge in [0.15, 0.2) is 0 Å². The number of anilines is 1. The Morgan fingerprint density at radius 2 is 1.90 bits per heavy atom. The van der Waals surface area contributed by atoms with Crippen LogP contribution in [0.5, 0.6) is 0 Å². The smallest absolute Gasteiger partial charge is 0.254 e. The third kappa shape index (κ3) is 6.38. The quantitative estimate of drug-likeness (QED) is 0.258. The fourth-order valence-electron chi connectivity index (χ4n) is 3.22. The van der Waals surface area contributed by atoms with Crippen molar-refractivity contribution in [1.29, 1.82) is 0 Å². The molecule has 0 aliphatic carbocycles. The van der Waals surface area contributed by atoms with Gasteiger partial charge in [0.2, 0.25) is 24.6 Å². The zero-order valence-electron chi connectivity index (χ0n) is 16.9. The number of hydrogen-bond donors (Lipinski definition) is 4. The van der Waals surface area contributed by atoms with Crippen molar-refractivity contribution in [2.45, 2.75) is 38.8 Å². The second kappa shape index (κ2) is 11.7. The summed E-state index contributed by atoms with van der Waals surface area (Å²) in [5, 5.41) is 10.5. The summed E-state index contributed by atoms with van der Waals surface area (Å²) in [4.78, 5) is 58.6. The van der Waals surface area contributed by atoms with E-state index in [9.17, 15) is 24.0 Å². The summed E-state index contributed by atoms with van der Waals surface area (Å²) in [6.07, 6.45) is 1.78. The number of nitrogens with one attached hydrogen (secondary N) is 4. The van der Waals surface area contributed by atoms with Gasteiger partial charge in [-0.2, -0.15) is 0 Å². The predicted octanol–water partition coefficient (Wildman–Crippen LogP) is -0.252. The number of carbonyl (C=O) groups excluding carboxylic acids is 5. The summed E-state index contributed by atoms with van der Waals surface area (Å²) in [7, 11) is 0. The van der Waals surface area contributed by atoms with E-state index in [1.807, 2.05) is 6.92 Å². The van der Waals surface area contributed by atoms with E-state index in [0.29, 0.717) is 56.7 Å². The van der Waals surface area contributed by atoms with Crippen LogP contribution in [0, 0.1) is 0 Å². The maximum absolute atomic E-state index is 12.8. The molecule has 2 rings (SSSR count). The lowest BCUT2D eigenvalue weighted by molar-refractivity contribution is -0.125. The van der Waals surface area contributed by atoms with Gasteiger partial charge in [-0.25, -0.2) is 0 Å². The molecule has 162 valence electrons. The number of nitrogens with zero attached hydrogens (tertiary/aromatic N) is 1. The SMILES string of the molecule is CC(CCC(=O)NC=O)N1Cc2c(NC(=O)CCNCCNC=O)cccc2C1=O. The first-order chi connectivity index (χ1) is 14.5. The molecule has 1 unspecified atom stereocenters. The maximum Gasteiger partial charge on any atom is 0.254 e. The Labute approximate surface area is 174 Å². The monoisotopic (exact) mass is 417 g/mol. The molecule has 1 aliphatic heterocycles. The molecular weight excluding hydrogens is 390 g/mol. The van der Waals surface area contributed by atoms with Crippen molar-refractivity contribution < 1.29 is 24.0 Å². The highest BCUT2D eigenvalue weighted by molar-refractivity contribution is 6.02. The summed E-state index contributed by atoms with van der Waals surface area (Å²) in [5.74, 6) is -0.707. The van der Waals surface area contributed by atoms with Gasteiger partial charge in [0.05, 0.1) is 0 Å². The molecule has 1 aromatic carbocycles. The normalized spacial score (nSPS) is 13.4. The molecule has 30 heavy (non-hydrogen) atoms. The van der Waals surface area contributed by atoms with Crippen molar-refractivity contribution >= 4 is 36.2 Å². The summed E-state index contributed by atoms with van der Waals surface area (Å²) in [5.41, 5.74) is 1.89. The van der Waals surface area contributed by atoms with Crippen LogP contribution in [-0.4, -0.2) is 61.1 Å². The minimum Gasteiger partial charge on any atom is -0.357 e. The van der Waals surface area contributed by atoms with E-state index in [0.717, 1.165) is 5.56 Å². The number of imide groups is 1. The second-order valence-corrected chi connectivity index (χ2v) is 6.96. The zero-order chi connectivity index (χ0) is 21.9. The molecule has 0 saturated heterocycles. The molecule has 0 bridgehead atoms. The first kappa shape index (κ1) is 23.0. The second-order valence-electron chi connectivity index (χ2n) is 6.96. The zero-order valence-corrected chi connectivity index (χ0v) is 16.9. The van der Waals surface area contributed by atoms with E-state index in [-0.39, 0.29) is 36.6 Å². The molecule has 1 heterocycles. The molecule has 0 aromatic heterocycles. The Hall–Kier alpha value is -3.27. The molecule has 5 amide bonds. The molecule has 10 heteroatoms. The van der Waals surface area contributed by atoms with Crippen LogP contribution in [0.3, 0.4) is 0 Å². The van der Waals surface area contributed by atoms with Gasteiger partial charge >= 0.3 is 0 Å². The van der Waals surface area contributed by atoms with Crippen LogP contribution in [0.2, 0.25) is 0 Å². The molecule has 0 fully saturated rings. The summed E-state index contributed by atoms with van der Waals surface area (Å²) < 4.78 is 0. The van der Waals surface area contributed by atoms with Gasteiger partial charge in [0, 0.05) is 61.9 Å². The first-order valence-electron chi connectivity index (χ1n) is 9.81. The molecule has 0 radical (unpaired) electrons. The van der Waals surface area contributed by atoms with Gasteiger partial charge in [-0.1, -0.05) is 6.07 Å². The van der Waals surface area contributed by atoms with E-state index in [2.05, 4.69) is 21.3 Å². The lowest BCUT2D eigenvalue weighted by Gasteiger charge is -2.24. The van der Waals surface area contributed by atoms with Gasteiger partial charge in [-0.15, -0.1) is 0 Å². The number of benzene rings is 1. The lowest BCUT2D eigenvalue weighted by atomic mass is 10.1. The van der Waals surface area contributed by atoms with Gasteiger partial charge < -0.3 is 20.9 Å². The fraction of sp³-hybridized carbons (Fsp3) is 0.450. The summed E-state index contributed by atoms with van der Waals surface area (Å²) in [6.45, 7) is 3.72. The Balaban J connectivity index is 1.91. The Morgan fingerprint density at radius 3 is 2.63 bits per heavy atom. The minimum atomic E-state index is -0.385. The van der Waals surface area contributed by atoms with Gasteiger partial charge in [-0.3, -0.25) is 29.3 Å². The number of rotatable bonds is 13. The highest BCUT2D eigenvalue weighted by Crippen LogP contribution is 2.31. The molecule has 10 nitrogen and oxygen atoms in total. The molecule has 4 N–H and O–H groups in total. The van der Waals surface area contributed by atoms with E-state index >= 15 is 0 Å². The average Bonchev–Trinajstić information content (AvgIpc) is 3.07. The number of carbonyl (C=O) groups is 5. The van der Waals surface area contributed by atoms with Crippen LogP contribution < -0.4 is 21.3 Å². The molecule has 0 saturated carbocycles. The maximum atomic E-state index is 12.8. The largest absolute Gasteiger partial charge is 0.357 e. The molecule has 1 aromatic rings. The lowest BCUT2D eigenvalue weighted by Crippen LogP contribution is -2.34. The molecule has 0 spiro atoms. The van der Waals surface area contributed by atoms with E-state index in [1.54, 1.807) is 23.1 Å². The van der Waals surface area contributed by atoms with Gasteiger partial charge in [0.25, 0.3) is 5.91 Å². The van der Waals surface area contributed by atoms with Crippen molar-refractivity contribution in [3.63, 3.8) is 0 Å². The van der Waals surface area contributed by atoms with Crippen LogP contribution in [0.25, 0.3) is 0 Å². The van der Waals surface area contributed by atoms with Crippen molar-refractivity contribution in [3.8, 4) is 0 Å². The van der Waals surface area contributed by atoms with Crippen LogP contribution >= 0.6 is 0 Å². The van der Waals surface area contributed by atoms with Gasteiger partial charge in [-0.05, 0) is 25.5 Å². The van der Waals surface area contributed by atoms with Crippen LogP contribution in [-0.2, 0) is 25.7 Å². The fourth-order valence-corrected chi connectivity index (χ4v) is 3.22. The van der Waals surface area contributed by atoms with E-state index in [4.69, 9.17) is 0 Å². The van der Waals surface area contributed by atoms with Gasteiger partial charge in [0.1, 0.15) is 0 Å². The number of fused-ring (bicyclic) bond motifs is 1. The number of amides is 5. The topological polar surface area (TPSA) is 137 Å². The van der Waals surface area contributed by atoms with Crippen LogP contribution in [0.15, 0.2) is 18.2 Å². The Morgan fingerprint density at radius 1 is 1.10 bits per heavy atom. The van der Waals surface area contributed by atoms with Crippen molar-refractivity contribution in [3.05, 3.63) is 29.3 Å². The van der Waals surface area contributed by atoms with E-state index in [1.165, 1.54) is 0 Å². The van der Waals surface area contributed by atoms with Crippen LogP contribution in [0.1, 0.15) is 42.1 Å². The first-order valence-corrected chi connectivity index (χ1v) is 9.81. The number of hydrogen-bond acceptors (Lipinski definition) is 6. The highest BCUT2D eigenvalue weighted by Gasteiger charge is 2.32. The summed E-state index contributed by atoms with van der Waals surface area (Å²) in [6, 6.07) is 5.01. The standard InChI is InChI=1S/C20H27N5O5/c1-14(5-6-18(28)23-13-27)25-11-16-15(20(25)30)3-2-4-17(16)24-19(29)7-8-21-9-10-22-12-26/h2-4,12-14,21H,5-11H2,1H3,(H,22,26)(H,24,29)(H,23,27,28). The van der Waals surface area contributed by atoms with Crippen molar-refractivity contribution in [2.75, 3.05) is 25.0 Å². The minimum absolute atomic E-state index is 0.138. The molecule has 1 atom stereocenters. The average molecular weight is 417 g/mol. The third-order valence-electron chi connectivity index (χ3n) is 4.87. The highest BCUT2D eigenvalue weighted by atomic mass is 16.2. The summed E-state index contributed by atoms with van der Waals surface area (Å²) >= 11 is 0. The van der Waals surface area contributed by atoms with Crippen molar-refractivity contribution in [1.82, 2.24) is 20.9 Å². The van der Waals surface area contributed by atoms with Crippen LogP contribution in [0.4, 0.5) is 5.69 Å². The predicted molar refractivity (Wildman–Crippen MR) is 109 cm³/mol. The Bertz CT molecular complexity index is 798. The Kier molecular flexibility index (Phi) is 8.95.